The Labute approximate surface area is 95.9 Å². The topological polar surface area (TPSA) is 4.93 Å². The number of fused-ring (bicyclic) bond motifs is 1. The highest BCUT2D eigenvalue weighted by atomic mass is 19.1. The third-order valence-electron chi connectivity index (χ3n) is 3.09. The van der Waals surface area contributed by atoms with Crippen molar-refractivity contribution in [3.63, 3.8) is 0 Å². The summed E-state index contributed by atoms with van der Waals surface area (Å²) >= 11 is 0. The molecule has 0 saturated carbocycles. The largest absolute Gasteiger partial charge is 0.350 e. The number of rotatable bonds is 0. The van der Waals surface area contributed by atoms with Gasteiger partial charge in [0.15, 0.2) is 0 Å². The molecule has 0 aliphatic carbocycles. The van der Waals surface area contributed by atoms with Crippen molar-refractivity contribution < 1.29 is 4.39 Å². The fourth-order valence-corrected chi connectivity index (χ4v) is 2.12. The standard InChI is InChI=1S/C14H18FN/c1-9-6-7-11-12(13(9)15)10(8-16(11)5)14(2,3)4/h6-8H,1-5H3. The molecule has 0 unspecified atom stereocenters. The molecular weight excluding hydrogens is 201 g/mol. The Kier molecular flexibility index (Phi) is 2.33. The SMILES string of the molecule is Cc1ccc2c(c(C(C)(C)C)cn2C)c1F. The Morgan fingerprint density at radius 1 is 1.19 bits per heavy atom. The lowest BCUT2D eigenvalue weighted by Gasteiger charge is -2.17. The monoisotopic (exact) mass is 219 g/mol. The number of benzene rings is 1. The van der Waals surface area contributed by atoms with Crippen LogP contribution < -0.4 is 0 Å². The Balaban J connectivity index is 2.92. The van der Waals surface area contributed by atoms with Gasteiger partial charge in [0.05, 0.1) is 5.52 Å². The summed E-state index contributed by atoms with van der Waals surface area (Å²) in [5.41, 5.74) is 2.72. The van der Waals surface area contributed by atoms with Gasteiger partial charge in [0.25, 0.3) is 0 Å². The number of nitrogens with zero attached hydrogens (tertiary/aromatic N) is 1. The van der Waals surface area contributed by atoms with Crippen LogP contribution in [0.25, 0.3) is 10.9 Å². The van der Waals surface area contributed by atoms with Gasteiger partial charge in [-0.05, 0) is 29.5 Å². The molecular formula is C14H18FN. The van der Waals surface area contributed by atoms with Gasteiger partial charge in [0.2, 0.25) is 0 Å². The van der Waals surface area contributed by atoms with Crippen LogP contribution in [0.4, 0.5) is 4.39 Å². The third-order valence-corrected chi connectivity index (χ3v) is 3.09. The van der Waals surface area contributed by atoms with E-state index in [-0.39, 0.29) is 11.2 Å². The van der Waals surface area contributed by atoms with E-state index < -0.39 is 0 Å². The van der Waals surface area contributed by atoms with Gasteiger partial charge in [-0.3, -0.25) is 0 Å². The summed E-state index contributed by atoms with van der Waals surface area (Å²) < 4.78 is 16.2. The minimum Gasteiger partial charge on any atom is -0.350 e. The fraction of sp³-hybridized carbons (Fsp3) is 0.429. The smallest absolute Gasteiger partial charge is 0.135 e. The van der Waals surface area contributed by atoms with Crippen molar-refractivity contribution in [1.82, 2.24) is 4.57 Å². The van der Waals surface area contributed by atoms with Crippen LogP contribution >= 0.6 is 0 Å². The molecule has 0 radical (unpaired) electrons. The predicted octanol–water partition coefficient (Wildman–Crippen LogP) is 3.92. The fourth-order valence-electron chi connectivity index (χ4n) is 2.12. The van der Waals surface area contributed by atoms with Gasteiger partial charge in [-0.1, -0.05) is 26.8 Å². The van der Waals surface area contributed by atoms with E-state index in [1.165, 1.54) is 0 Å². The first-order valence-electron chi connectivity index (χ1n) is 5.57. The maximum Gasteiger partial charge on any atom is 0.135 e. The summed E-state index contributed by atoms with van der Waals surface area (Å²) in [5.74, 6) is -0.0805. The highest BCUT2D eigenvalue weighted by Crippen LogP contribution is 2.33. The normalized spacial score (nSPS) is 12.4. The Morgan fingerprint density at radius 3 is 2.38 bits per heavy atom. The highest BCUT2D eigenvalue weighted by Gasteiger charge is 2.22. The molecule has 86 valence electrons. The number of hydrogen-bond donors (Lipinski definition) is 0. The van der Waals surface area contributed by atoms with Crippen molar-refractivity contribution in [2.75, 3.05) is 0 Å². The summed E-state index contributed by atoms with van der Waals surface area (Å²) in [7, 11) is 1.96. The zero-order valence-electron chi connectivity index (χ0n) is 10.6. The van der Waals surface area contributed by atoms with Crippen molar-refractivity contribution in [1.29, 1.82) is 0 Å². The van der Waals surface area contributed by atoms with Gasteiger partial charge >= 0.3 is 0 Å². The maximum atomic E-state index is 14.2. The van der Waals surface area contributed by atoms with Crippen molar-refractivity contribution in [3.05, 3.63) is 35.3 Å². The molecule has 0 aliphatic heterocycles. The number of aromatic nitrogens is 1. The van der Waals surface area contributed by atoms with E-state index >= 15 is 0 Å². The van der Waals surface area contributed by atoms with Crippen molar-refractivity contribution in [2.24, 2.45) is 7.05 Å². The van der Waals surface area contributed by atoms with Crippen LogP contribution in [0, 0.1) is 12.7 Å². The summed E-state index contributed by atoms with van der Waals surface area (Å²) in [5, 5.41) is 0.773. The minimum absolute atomic E-state index is 0.0336. The molecule has 0 aliphatic rings. The van der Waals surface area contributed by atoms with Crippen LogP contribution in [0.1, 0.15) is 31.9 Å². The zero-order valence-corrected chi connectivity index (χ0v) is 10.6. The van der Waals surface area contributed by atoms with Gasteiger partial charge < -0.3 is 4.57 Å². The van der Waals surface area contributed by atoms with Gasteiger partial charge in [0, 0.05) is 18.6 Å². The molecule has 1 aromatic heterocycles. The number of halogens is 1. The highest BCUT2D eigenvalue weighted by molar-refractivity contribution is 5.86. The van der Waals surface area contributed by atoms with Gasteiger partial charge in [-0.2, -0.15) is 0 Å². The summed E-state index contributed by atoms with van der Waals surface area (Å²) in [6.07, 6.45) is 2.03. The first-order valence-corrected chi connectivity index (χ1v) is 5.57. The zero-order chi connectivity index (χ0) is 12.1. The van der Waals surface area contributed by atoms with Crippen LogP contribution in [0.3, 0.4) is 0 Å². The average molecular weight is 219 g/mol. The predicted molar refractivity (Wildman–Crippen MR) is 66.3 cm³/mol. The quantitative estimate of drug-likeness (QED) is 0.633. The van der Waals surface area contributed by atoms with Crippen molar-refractivity contribution in [3.8, 4) is 0 Å². The molecule has 0 atom stereocenters. The maximum absolute atomic E-state index is 14.2. The van der Waals surface area contributed by atoms with Gasteiger partial charge in [0.1, 0.15) is 5.82 Å². The van der Waals surface area contributed by atoms with E-state index in [1.807, 2.05) is 36.9 Å². The number of hydrogen-bond acceptors (Lipinski definition) is 0. The van der Waals surface area contributed by atoms with E-state index in [1.54, 1.807) is 0 Å². The second kappa shape index (κ2) is 3.34. The molecule has 1 nitrogen and oxygen atoms in total. The van der Waals surface area contributed by atoms with Crippen LogP contribution in [0.15, 0.2) is 18.3 Å². The van der Waals surface area contributed by atoms with Gasteiger partial charge in [-0.15, -0.1) is 0 Å². The van der Waals surface area contributed by atoms with Crippen molar-refractivity contribution in [2.45, 2.75) is 33.1 Å². The Hall–Kier alpha value is -1.31. The molecule has 1 heterocycles. The van der Waals surface area contributed by atoms with Crippen molar-refractivity contribution >= 4 is 10.9 Å². The van der Waals surface area contributed by atoms with E-state index in [9.17, 15) is 4.39 Å². The molecule has 0 spiro atoms. The summed E-state index contributed by atoms with van der Waals surface area (Å²) in [6.45, 7) is 8.16. The van der Waals surface area contributed by atoms with Crippen LogP contribution in [0.2, 0.25) is 0 Å². The molecule has 0 amide bonds. The molecule has 0 fully saturated rings. The van der Waals surface area contributed by atoms with Crippen LogP contribution in [-0.2, 0) is 12.5 Å². The molecule has 0 bridgehead atoms. The van der Waals surface area contributed by atoms with E-state index in [0.717, 1.165) is 16.5 Å². The summed E-state index contributed by atoms with van der Waals surface area (Å²) in [6, 6.07) is 3.83. The molecule has 0 saturated heterocycles. The molecule has 2 rings (SSSR count). The summed E-state index contributed by atoms with van der Waals surface area (Å²) in [4.78, 5) is 0. The second-order valence-corrected chi connectivity index (χ2v) is 5.49. The third kappa shape index (κ3) is 1.53. The van der Waals surface area contributed by atoms with Crippen LogP contribution in [-0.4, -0.2) is 4.57 Å². The molecule has 1 aromatic carbocycles. The Morgan fingerprint density at radius 2 is 1.81 bits per heavy atom. The van der Waals surface area contributed by atoms with E-state index in [4.69, 9.17) is 0 Å². The lowest BCUT2D eigenvalue weighted by atomic mass is 9.86. The van der Waals surface area contributed by atoms with E-state index in [2.05, 4.69) is 20.8 Å². The molecule has 0 N–H and O–H groups in total. The minimum atomic E-state index is -0.0805. The lowest BCUT2D eigenvalue weighted by molar-refractivity contribution is 0.584. The second-order valence-electron chi connectivity index (χ2n) is 5.49. The molecule has 2 aromatic rings. The van der Waals surface area contributed by atoms with Gasteiger partial charge in [-0.25, -0.2) is 4.39 Å². The molecule has 2 heteroatoms. The first-order chi connectivity index (χ1) is 7.32. The van der Waals surface area contributed by atoms with E-state index in [0.29, 0.717) is 5.56 Å². The Bertz CT molecular complexity index is 544. The number of aryl methyl sites for hydroxylation is 2. The van der Waals surface area contributed by atoms with Crippen LogP contribution in [0.5, 0.6) is 0 Å². The average Bonchev–Trinajstić information content (AvgIpc) is 2.50. The first kappa shape index (κ1) is 11.2. The lowest BCUT2D eigenvalue weighted by Crippen LogP contribution is -2.10. The molecule has 16 heavy (non-hydrogen) atoms.